The second kappa shape index (κ2) is 6.45. The highest BCUT2D eigenvalue weighted by atomic mass is 19.1. The molecule has 1 aromatic rings. The van der Waals surface area contributed by atoms with E-state index in [4.69, 9.17) is 5.73 Å². The van der Waals surface area contributed by atoms with Crippen LogP contribution in [0.4, 0.5) is 10.1 Å². The minimum absolute atomic E-state index is 0.204. The van der Waals surface area contributed by atoms with Crippen LogP contribution in [-0.2, 0) is 6.42 Å². The summed E-state index contributed by atoms with van der Waals surface area (Å²) in [4.78, 5) is 2.05. The van der Waals surface area contributed by atoms with Crippen molar-refractivity contribution in [2.24, 2.45) is 5.73 Å². The summed E-state index contributed by atoms with van der Waals surface area (Å²) < 4.78 is 13.6. The second-order valence-corrected chi connectivity index (χ2v) is 4.08. The second-order valence-electron chi connectivity index (χ2n) is 4.08. The van der Waals surface area contributed by atoms with Crippen LogP contribution in [0, 0.1) is 5.82 Å². The molecule has 0 aromatic heterocycles. The maximum absolute atomic E-state index is 13.6. The Kier molecular flexibility index (Phi) is 5.22. The van der Waals surface area contributed by atoms with E-state index in [0.29, 0.717) is 12.2 Å². The van der Waals surface area contributed by atoms with Crippen LogP contribution < -0.4 is 11.1 Å². The molecule has 0 amide bonds. The van der Waals surface area contributed by atoms with E-state index in [1.165, 1.54) is 0 Å². The zero-order chi connectivity index (χ0) is 12.0. The van der Waals surface area contributed by atoms with E-state index in [9.17, 15) is 4.39 Å². The number of nitrogens with two attached hydrogens (primary N) is 1. The van der Waals surface area contributed by atoms with E-state index < -0.39 is 0 Å². The van der Waals surface area contributed by atoms with Crippen LogP contribution in [-0.4, -0.2) is 38.6 Å². The van der Waals surface area contributed by atoms with Crippen LogP contribution in [0.15, 0.2) is 18.2 Å². The lowest BCUT2D eigenvalue weighted by molar-refractivity contribution is 0.425. The Balaban J connectivity index is 2.54. The number of likely N-dealkylation sites (N-methyl/N-ethyl adjacent to an activating group) is 1. The van der Waals surface area contributed by atoms with Crippen LogP contribution in [0.3, 0.4) is 0 Å². The van der Waals surface area contributed by atoms with Crippen molar-refractivity contribution in [2.45, 2.75) is 6.42 Å². The first kappa shape index (κ1) is 12.9. The smallest absolute Gasteiger partial charge is 0.146 e. The van der Waals surface area contributed by atoms with E-state index in [2.05, 4.69) is 5.32 Å². The van der Waals surface area contributed by atoms with Crippen molar-refractivity contribution in [3.63, 3.8) is 0 Å². The number of hydrogen-bond acceptors (Lipinski definition) is 3. The topological polar surface area (TPSA) is 41.3 Å². The molecule has 0 saturated carbocycles. The molecular weight excluding hydrogens is 205 g/mol. The molecule has 0 bridgehead atoms. The fourth-order valence-electron chi connectivity index (χ4n) is 1.44. The van der Waals surface area contributed by atoms with E-state index in [-0.39, 0.29) is 5.82 Å². The van der Waals surface area contributed by atoms with Gasteiger partial charge in [-0.1, -0.05) is 6.07 Å². The van der Waals surface area contributed by atoms with Crippen LogP contribution >= 0.6 is 0 Å². The summed E-state index contributed by atoms with van der Waals surface area (Å²) in [6.45, 7) is 2.16. The zero-order valence-corrected chi connectivity index (χ0v) is 9.96. The van der Waals surface area contributed by atoms with Crippen molar-refractivity contribution in [3.05, 3.63) is 29.6 Å². The highest BCUT2D eigenvalue weighted by Crippen LogP contribution is 2.15. The lowest BCUT2D eigenvalue weighted by Crippen LogP contribution is -2.21. The number of hydrogen-bond donors (Lipinski definition) is 2. The minimum atomic E-state index is -0.204. The molecule has 0 spiro atoms. The quantitative estimate of drug-likeness (QED) is 0.767. The molecule has 0 saturated heterocycles. The van der Waals surface area contributed by atoms with Crippen LogP contribution in [0.25, 0.3) is 0 Å². The minimum Gasteiger partial charge on any atom is -0.381 e. The zero-order valence-electron chi connectivity index (χ0n) is 9.96. The predicted octanol–water partition coefficient (Wildman–Crippen LogP) is 1.30. The molecular formula is C12H20FN3. The van der Waals surface area contributed by atoms with E-state index >= 15 is 0 Å². The van der Waals surface area contributed by atoms with Crippen molar-refractivity contribution >= 4 is 5.69 Å². The molecule has 0 aliphatic heterocycles. The van der Waals surface area contributed by atoms with E-state index in [0.717, 1.165) is 25.1 Å². The van der Waals surface area contributed by atoms with Crippen molar-refractivity contribution in [1.82, 2.24) is 4.90 Å². The molecule has 3 nitrogen and oxygen atoms in total. The summed E-state index contributed by atoms with van der Waals surface area (Å²) in [5.41, 5.74) is 6.92. The van der Waals surface area contributed by atoms with Gasteiger partial charge in [0, 0.05) is 13.1 Å². The molecule has 0 atom stereocenters. The summed E-state index contributed by atoms with van der Waals surface area (Å²) in [6.07, 6.45) is 0.717. The molecule has 1 rings (SSSR count). The molecule has 0 unspecified atom stereocenters. The van der Waals surface area contributed by atoms with Crippen molar-refractivity contribution in [2.75, 3.05) is 39.0 Å². The average molecular weight is 225 g/mol. The first-order chi connectivity index (χ1) is 7.63. The molecule has 4 heteroatoms. The maximum Gasteiger partial charge on any atom is 0.146 e. The molecule has 0 radical (unpaired) electrons. The molecule has 16 heavy (non-hydrogen) atoms. The van der Waals surface area contributed by atoms with Gasteiger partial charge in [0.15, 0.2) is 0 Å². The Labute approximate surface area is 96.4 Å². The van der Waals surface area contributed by atoms with Gasteiger partial charge >= 0.3 is 0 Å². The first-order valence-corrected chi connectivity index (χ1v) is 5.50. The Morgan fingerprint density at radius 1 is 1.38 bits per heavy atom. The fourth-order valence-corrected chi connectivity index (χ4v) is 1.44. The maximum atomic E-state index is 13.6. The number of anilines is 1. The highest BCUT2D eigenvalue weighted by Gasteiger charge is 2.02. The summed E-state index contributed by atoms with van der Waals surface area (Å²) in [5, 5.41) is 3.07. The third kappa shape index (κ3) is 4.16. The van der Waals surface area contributed by atoms with Gasteiger partial charge in [-0.15, -0.1) is 0 Å². The van der Waals surface area contributed by atoms with Crippen LogP contribution in [0.2, 0.25) is 0 Å². The largest absolute Gasteiger partial charge is 0.381 e. The normalized spacial score (nSPS) is 10.8. The summed E-state index contributed by atoms with van der Waals surface area (Å²) in [6, 6.07) is 5.23. The summed E-state index contributed by atoms with van der Waals surface area (Å²) >= 11 is 0. The Bertz CT molecular complexity index is 326. The number of nitrogens with zero attached hydrogens (tertiary/aromatic N) is 1. The lowest BCUT2D eigenvalue weighted by Gasteiger charge is -2.12. The molecule has 0 aliphatic rings. The Morgan fingerprint density at radius 2 is 2.12 bits per heavy atom. The average Bonchev–Trinajstić information content (AvgIpc) is 2.21. The molecule has 0 fully saturated rings. The van der Waals surface area contributed by atoms with E-state index in [1.54, 1.807) is 12.1 Å². The van der Waals surface area contributed by atoms with Crippen molar-refractivity contribution < 1.29 is 4.39 Å². The Morgan fingerprint density at radius 3 is 2.69 bits per heavy atom. The number of benzene rings is 1. The SMILES string of the molecule is CN(C)CCNc1ccc(CCN)cc1F. The molecule has 0 heterocycles. The van der Waals surface area contributed by atoms with Gasteiger partial charge in [0.05, 0.1) is 5.69 Å². The van der Waals surface area contributed by atoms with Gasteiger partial charge in [0.1, 0.15) is 5.82 Å². The van der Waals surface area contributed by atoms with Gasteiger partial charge in [-0.25, -0.2) is 4.39 Å². The van der Waals surface area contributed by atoms with Crippen molar-refractivity contribution in [3.8, 4) is 0 Å². The molecule has 0 aliphatic carbocycles. The van der Waals surface area contributed by atoms with Gasteiger partial charge in [0.25, 0.3) is 0 Å². The third-order valence-electron chi connectivity index (χ3n) is 2.34. The Hall–Kier alpha value is -1.13. The monoisotopic (exact) mass is 225 g/mol. The first-order valence-electron chi connectivity index (χ1n) is 5.50. The van der Waals surface area contributed by atoms with Gasteiger partial charge in [0.2, 0.25) is 0 Å². The standard InChI is InChI=1S/C12H20FN3/c1-16(2)8-7-15-12-4-3-10(5-6-14)9-11(12)13/h3-4,9,15H,5-8,14H2,1-2H3. The highest BCUT2D eigenvalue weighted by molar-refractivity contribution is 5.46. The third-order valence-corrected chi connectivity index (χ3v) is 2.34. The van der Waals surface area contributed by atoms with Crippen molar-refractivity contribution in [1.29, 1.82) is 0 Å². The fraction of sp³-hybridized carbons (Fsp3) is 0.500. The van der Waals surface area contributed by atoms with Crippen LogP contribution in [0.5, 0.6) is 0 Å². The summed E-state index contributed by atoms with van der Waals surface area (Å²) in [5.74, 6) is -0.204. The van der Waals surface area contributed by atoms with Gasteiger partial charge < -0.3 is 16.0 Å². The number of halogens is 1. The van der Waals surface area contributed by atoms with Gasteiger partial charge in [-0.05, 0) is 44.8 Å². The summed E-state index contributed by atoms with van der Waals surface area (Å²) in [7, 11) is 3.98. The van der Waals surface area contributed by atoms with Crippen LogP contribution in [0.1, 0.15) is 5.56 Å². The lowest BCUT2D eigenvalue weighted by atomic mass is 10.1. The molecule has 3 N–H and O–H groups in total. The van der Waals surface area contributed by atoms with E-state index in [1.807, 2.05) is 25.1 Å². The molecule has 1 aromatic carbocycles. The van der Waals surface area contributed by atoms with Gasteiger partial charge in [-0.3, -0.25) is 0 Å². The predicted molar refractivity (Wildman–Crippen MR) is 66.2 cm³/mol. The van der Waals surface area contributed by atoms with Gasteiger partial charge in [-0.2, -0.15) is 0 Å². The number of nitrogens with one attached hydrogen (secondary N) is 1. The molecule has 90 valence electrons. The number of rotatable bonds is 6.